The minimum atomic E-state index is -4.31. The number of likely N-dealkylation sites (tertiary alicyclic amines) is 1. The summed E-state index contributed by atoms with van der Waals surface area (Å²) in [5.41, 5.74) is 4.20. The van der Waals surface area contributed by atoms with Crippen LogP contribution in [0.1, 0.15) is 51.0 Å². The number of carbonyl (C=O) groups is 1. The van der Waals surface area contributed by atoms with Crippen LogP contribution in [0.2, 0.25) is 0 Å². The Morgan fingerprint density at radius 1 is 0.868 bits per heavy atom. The monoisotopic (exact) mass is 525 g/mol. The SMILES string of the molecule is O=C(NCc1ccc(F)cc1)c1ccc2c(c1)CN(C1CCN(Cc3ccc(C(F)(F)F)cc3)CC1)CC2. The Morgan fingerprint density at radius 3 is 2.24 bits per heavy atom. The molecule has 1 fully saturated rings. The number of carbonyl (C=O) groups excluding carboxylic acids is 1. The Morgan fingerprint density at radius 2 is 1.55 bits per heavy atom. The molecule has 4 nitrogen and oxygen atoms in total. The molecule has 0 aromatic heterocycles. The number of nitrogens with one attached hydrogen (secondary N) is 1. The molecule has 1 saturated heterocycles. The van der Waals surface area contributed by atoms with Crippen LogP contribution >= 0.6 is 0 Å². The van der Waals surface area contributed by atoms with Crippen LogP contribution in [0.4, 0.5) is 17.6 Å². The molecule has 200 valence electrons. The van der Waals surface area contributed by atoms with Crippen molar-refractivity contribution in [1.29, 1.82) is 0 Å². The highest BCUT2D eigenvalue weighted by molar-refractivity contribution is 5.94. The molecule has 3 aromatic rings. The lowest BCUT2D eigenvalue weighted by molar-refractivity contribution is -0.137. The van der Waals surface area contributed by atoms with Crippen molar-refractivity contribution in [1.82, 2.24) is 15.1 Å². The normalized spacial score (nSPS) is 17.3. The molecule has 0 radical (unpaired) electrons. The summed E-state index contributed by atoms with van der Waals surface area (Å²) >= 11 is 0. The summed E-state index contributed by atoms with van der Waals surface area (Å²) in [6, 6.07) is 17.9. The van der Waals surface area contributed by atoms with Gasteiger partial charge < -0.3 is 5.32 Å². The number of piperidine rings is 1. The van der Waals surface area contributed by atoms with Gasteiger partial charge >= 0.3 is 6.18 Å². The first-order chi connectivity index (χ1) is 18.2. The predicted octanol–water partition coefficient (Wildman–Crippen LogP) is 5.80. The molecule has 2 aliphatic heterocycles. The largest absolute Gasteiger partial charge is 0.416 e. The summed E-state index contributed by atoms with van der Waals surface area (Å²) in [5, 5.41) is 2.92. The first kappa shape index (κ1) is 26.4. The molecule has 0 unspecified atom stereocenters. The third-order valence-corrected chi connectivity index (χ3v) is 7.64. The Bertz CT molecular complexity index is 1250. The van der Waals surface area contributed by atoms with Crippen molar-refractivity contribution in [3.8, 4) is 0 Å². The smallest absolute Gasteiger partial charge is 0.348 e. The molecule has 1 amide bonds. The first-order valence-electron chi connectivity index (χ1n) is 13.0. The zero-order chi connectivity index (χ0) is 26.7. The van der Waals surface area contributed by atoms with Crippen molar-refractivity contribution in [2.75, 3.05) is 19.6 Å². The number of amides is 1. The van der Waals surface area contributed by atoms with Gasteiger partial charge in [-0.15, -0.1) is 0 Å². The summed E-state index contributed by atoms with van der Waals surface area (Å²) in [7, 11) is 0. The average Bonchev–Trinajstić information content (AvgIpc) is 2.92. The van der Waals surface area contributed by atoms with Gasteiger partial charge in [0, 0.05) is 37.8 Å². The second kappa shape index (κ2) is 11.3. The summed E-state index contributed by atoms with van der Waals surface area (Å²) in [6.45, 7) is 4.59. The van der Waals surface area contributed by atoms with E-state index in [4.69, 9.17) is 0 Å². The molecule has 2 heterocycles. The first-order valence-corrected chi connectivity index (χ1v) is 13.0. The predicted molar refractivity (Wildman–Crippen MR) is 138 cm³/mol. The lowest BCUT2D eigenvalue weighted by Crippen LogP contribution is -2.46. The van der Waals surface area contributed by atoms with Crippen molar-refractivity contribution < 1.29 is 22.4 Å². The second-order valence-electron chi connectivity index (χ2n) is 10.2. The second-order valence-corrected chi connectivity index (χ2v) is 10.2. The fourth-order valence-corrected chi connectivity index (χ4v) is 5.42. The van der Waals surface area contributed by atoms with E-state index in [1.165, 1.54) is 23.3 Å². The highest BCUT2D eigenvalue weighted by atomic mass is 19.4. The van der Waals surface area contributed by atoms with Crippen molar-refractivity contribution in [2.45, 2.75) is 51.1 Å². The van der Waals surface area contributed by atoms with Gasteiger partial charge in [0.1, 0.15) is 5.82 Å². The molecule has 0 bridgehead atoms. The quantitative estimate of drug-likeness (QED) is 0.414. The fourth-order valence-electron chi connectivity index (χ4n) is 5.42. The van der Waals surface area contributed by atoms with Gasteiger partial charge in [-0.1, -0.05) is 30.3 Å². The van der Waals surface area contributed by atoms with Gasteiger partial charge in [-0.25, -0.2) is 4.39 Å². The molecule has 5 rings (SSSR count). The van der Waals surface area contributed by atoms with Crippen LogP contribution in [0.15, 0.2) is 66.7 Å². The number of fused-ring (bicyclic) bond motifs is 1. The molecule has 1 N–H and O–H groups in total. The zero-order valence-electron chi connectivity index (χ0n) is 21.1. The third-order valence-electron chi connectivity index (χ3n) is 7.64. The molecule has 0 aliphatic carbocycles. The molecule has 38 heavy (non-hydrogen) atoms. The van der Waals surface area contributed by atoms with Crippen LogP contribution in [0.25, 0.3) is 0 Å². The molecule has 8 heteroatoms. The molecular weight excluding hydrogens is 494 g/mol. The maximum absolute atomic E-state index is 13.1. The van der Waals surface area contributed by atoms with Crippen molar-refractivity contribution in [3.63, 3.8) is 0 Å². The highest BCUT2D eigenvalue weighted by Gasteiger charge is 2.30. The van der Waals surface area contributed by atoms with Gasteiger partial charge in [-0.05, 0) is 91.0 Å². The third kappa shape index (κ3) is 6.42. The van der Waals surface area contributed by atoms with E-state index in [2.05, 4.69) is 15.1 Å². The van der Waals surface area contributed by atoms with E-state index < -0.39 is 11.7 Å². The van der Waals surface area contributed by atoms with Crippen molar-refractivity contribution >= 4 is 5.91 Å². The van der Waals surface area contributed by atoms with Gasteiger partial charge in [0.25, 0.3) is 5.91 Å². The molecule has 2 aliphatic rings. The summed E-state index contributed by atoms with van der Waals surface area (Å²) in [6.07, 6.45) is -1.35. The summed E-state index contributed by atoms with van der Waals surface area (Å²) in [5.74, 6) is -0.449. The van der Waals surface area contributed by atoms with Crippen LogP contribution in [-0.2, 0) is 32.2 Å². The number of benzene rings is 3. The number of hydrogen-bond donors (Lipinski definition) is 1. The Hall–Kier alpha value is -3.23. The Kier molecular flexibility index (Phi) is 7.81. The van der Waals surface area contributed by atoms with E-state index in [0.717, 1.165) is 68.7 Å². The number of halogens is 4. The van der Waals surface area contributed by atoms with E-state index in [9.17, 15) is 22.4 Å². The van der Waals surface area contributed by atoms with E-state index in [1.54, 1.807) is 24.3 Å². The maximum Gasteiger partial charge on any atom is 0.416 e. The number of rotatable bonds is 6. The van der Waals surface area contributed by atoms with Crippen molar-refractivity contribution in [2.24, 2.45) is 0 Å². The van der Waals surface area contributed by atoms with Crippen LogP contribution in [0.5, 0.6) is 0 Å². The topological polar surface area (TPSA) is 35.6 Å². The standard InChI is InChI=1S/C30H31F4N3O/c31-27-9-3-21(4-10-27)18-35-29(38)24-6-5-23-11-16-37(20-25(23)17-24)28-12-14-36(15-13-28)19-22-1-7-26(8-2-22)30(32,33)34/h1-10,17,28H,11-16,18-20H2,(H,35,38). The summed E-state index contributed by atoms with van der Waals surface area (Å²) in [4.78, 5) is 17.6. The Balaban J connectivity index is 1.13. The van der Waals surface area contributed by atoms with Crippen molar-refractivity contribution in [3.05, 3.63) is 106 Å². The zero-order valence-corrected chi connectivity index (χ0v) is 21.1. The van der Waals surface area contributed by atoms with E-state index in [0.29, 0.717) is 24.7 Å². The number of nitrogens with zero attached hydrogens (tertiary/aromatic N) is 2. The van der Waals surface area contributed by atoms with Gasteiger partial charge in [0.15, 0.2) is 0 Å². The van der Waals surface area contributed by atoms with E-state index in [1.807, 2.05) is 18.2 Å². The van der Waals surface area contributed by atoms with Crippen LogP contribution in [0.3, 0.4) is 0 Å². The molecule has 0 atom stereocenters. The average molecular weight is 526 g/mol. The lowest BCUT2D eigenvalue weighted by Gasteiger charge is -2.40. The molecule has 3 aromatic carbocycles. The van der Waals surface area contributed by atoms with Crippen LogP contribution < -0.4 is 5.32 Å². The number of hydrogen-bond acceptors (Lipinski definition) is 3. The Labute approximate surface area is 220 Å². The van der Waals surface area contributed by atoms with Gasteiger partial charge in [-0.3, -0.25) is 14.6 Å². The lowest BCUT2D eigenvalue weighted by atomic mass is 9.93. The maximum atomic E-state index is 13.1. The van der Waals surface area contributed by atoms with E-state index >= 15 is 0 Å². The summed E-state index contributed by atoms with van der Waals surface area (Å²) < 4.78 is 51.6. The van der Waals surface area contributed by atoms with Gasteiger partial charge in [-0.2, -0.15) is 13.2 Å². The highest BCUT2D eigenvalue weighted by Crippen LogP contribution is 2.30. The van der Waals surface area contributed by atoms with Crippen LogP contribution in [0, 0.1) is 5.82 Å². The van der Waals surface area contributed by atoms with Gasteiger partial charge in [0.2, 0.25) is 0 Å². The minimum Gasteiger partial charge on any atom is -0.348 e. The molecule has 0 saturated carbocycles. The molecule has 0 spiro atoms. The minimum absolute atomic E-state index is 0.147. The fraction of sp³-hybridized carbons (Fsp3) is 0.367. The van der Waals surface area contributed by atoms with Gasteiger partial charge in [0.05, 0.1) is 5.56 Å². The number of alkyl halides is 3. The molecular formula is C30H31F4N3O. The van der Waals surface area contributed by atoms with Crippen LogP contribution in [-0.4, -0.2) is 41.4 Å². The van der Waals surface area contributed by atoms with E-state index in [-0.39, 0.29) is 11.7 Å².